The third kappa shape index (κ3) is 3.59. The van der Waals surface area contributed by atoms with Gasteiger partial charge in [0.1, 0.15) is 0 Å². The van der Waals surface area contributed by atoms with E-state index in [9.17, 15) is 9.18 Å². The number of hydrogen-bond donors (Lipinski definition) is 0. The van der Waals surface area contributed by atoms with E-state index < -0.39 is 12.3 Å². The van der Waals surface area contributed by atoms with Gasteiger partial charge in [0, 0.05) is 0 Å². The van der Waals surface area contributed by atoms with Crippen molar-refractivity contribution in [2.45, 2.75) is 13.3 Å². The Kier molecular flexibility index (Phi) is 5.21. The number of esters is 1. The van der Waals surface area contributed by atoms with Gasteiger partial charge in [-0.1, -0.05) is 6.07 Å². The van der Waals surface area contributed by atoms with Crippen LogP contribution in [-0.4, -0.2) is 26.0 Å². The second-order valence-electron chi connectivity index (χ2n) is 2.96. The van der Waals surface area contributed by atoms with Gasteiger partial charge in [0.05, 0.1) is 18.2 Å². The van der Waals surface area contributed by atoms with Gasteiger partial charge < -0.3 is 14.2 Å². The highest BCUT2D eigenvalue weighted by Gasteiger charge is 2.23. The third-order valence-electron chi connectivity index (χ3n) is 1.84. The van der Waals surface area contributed by atoms with Crippen molar-refractivity contribution in [1.29, 1.82) is 0 Å². The van der Waals surface area contributed by atoms with Gasteiger partial charge in [-0.2, -0.15) is 4.39 Å². The lowest BCUT2D eigenvalue weighted by atomic mass is 10.3. The van der Waals surface area contributed by atoms with Gasteiger partial charge in [-0.05, 0) is 35.0 Å². The molecule has 0 radical (unpaired) electrons. The molecule has 1 aromatic rings. The van der Waals surface area contributed by atoms with E-state index in [0.717, 1.165) is 0 Å². The van der Waals surface area contributed by atoms with Crippen molar-refractivity contribution < 1.29 is 23.4 Å². The van der Waals surface area contributed by atoms with E-state index in [1.54, 1.807) is 25.1 Å². The smallest absolute Gasteiger partial charge is 0.381 e. The average Bonchev–Trinajstić information content (AvgIpc) is 2.31. The summed E-state index contributed by atoms with van der Waals surface area (Å²) < 4.78 is 28.2. The number of methoxy groups -OCH3 is 1. The van der Waals surface area contributed by atoms with Gasteiger partial charge in [0.15, 0.2) is 11.5 Å². The van der Waals surface area contributed by atoms with Gasteiger partial charge in [-0.25, -0.2) is 4.79 Å². The Hall–Kier alpha value is -1.30. The van der Waals surface area contributed by atoms with E-state index in [-0.39, 0.29) is 12.4 Å². The van der Waals surface area contributed by atoms with E-state index >= 15 is 0 Å². The normalized spacial score (nSPS) is 11.8. The minimum Gasteiger partial charge on any atom is -0.493 e. The van der Waals surface area contributed by atoms with Crippen molar-refractivity contribution in [2.24, 2.45) is 0 Å². The summed E-state index contributed by atoms with van der Waals surface area (Å²) in [5.74, 6) is -0.618. The summed E-state index contributed by atoms with van der Waals surface area (Å²) in [6, 6.07) is 4.95. The van der Waals surface area contributed by atoms with Gasteiger partial charge in [-0.3, -0.25) is 0 Å². The molecule has 0 aliphatic rings. The molecular weight excluding hydrogens is 295 g/mol. The molecule has 0 heterocycles. The third-order valence-corrected chi connectivity index (χ3v) is 2.47. The number of benzene rings is 1. The highest BCUT2D eigenvalue weighted by Crippen LogP contribution is 2.35. The number of rotatable bonds is 5. The van der Waals surface area contributed by atoms with Crippen LogP contribution < -0.4 is 9.47 Å². The zero-order chi connectivity index (χ0) is 12.8. The van der Waals surface area contributed by atoms with E-state index in [0.29, 0.717) is 10.2 Å². The largest absolute Gasteiger partial charge is 0.493 e. The Morgan fingerprint density at radius 1 is 1.53 bits per heavy atom. The number of halogens is 2. The first-order chi connectivity index (χ1) is 8.10. The number of alkyl halides is 1. The molecule has 94 valence electrons. The summed E-state index contributed by atoms with van der Waals surface area (Å²) in [6.45, 7) is 1.68. The second-order valence-corrected chi connectivity index (χ2v) is 3.81. The molecule has 0 amide bonds. The van der Waals surface area contributed by atoms with Crippen LogP contribution in [0.4, 0.5) is 4.39 Å². The molecule has 1 atom stereocenters. The highest BCUT2D eigenvalue weighted by molar-refractivity contribution is 9.10. The Balaban J connectivity index is 2.83. The van der Waals surface area contributed by atoms with Crippen molar-refractivity contribution in [2.75, 3.05) is 13.7 Å². The molecule has 0 N–H and O–H groups in total. The Labute approximate surface area is 107 Å². The molecule has 0 aliphatic heterocycles. The van der Waals surface area contributed by atoms with Gasteiger partial charge in [0.25, 0.3) is 0 Å². The lowest BCUT2D eigenvalue weighted by molar-refractivity contribution is -0.159. The van der Waals surface area contributed by atoms with Crippen molar-refractivity contribution in [3.63, 3.8) is 0 Å². The second kappa shape index (κ2) is 6.44. The van der Waals surface area contributed by atoms with Crippen LogP contribution in [0, 0.1) is 0 Å². The first kappa shape index (κ1) is 13.8. The van der Waals surface area contributed by atoms with Crippen LogP contribution in [0.3, 0.4) is 0 Å². The van der Waals surface area contributed by atoms with E-state index in [4.69, 9.17) is 9.47 Å². The molecule has 0 aliphatic carbocycles. The van der Waals surface area contributed by atoms with Crippen molar-refractivity contribution in [1.82, 2.24) is 0 Å². The molecule has 0 saturated carbocycles. The van der Waals surface area contributed by atoms with Crippen LogP contribution in [0.5, 0.6) is 11.5 Å². The molecular formula is C11H12BrFO4. The van der Waals surface area contributed by atoms with Crippen molar-refractivity contribution in [3.05, 3.63) is 22.7 Å². The zero-order valence-electron chi connectivity index (χ0n) is 9.41. The van der Waals surface area contributed by atoms with Crippen LogP contribution >= 0.6 is 15.9 Å². The van der Waals surface area contributed by atoms with Crippen LogP contribution in [0.25, 0.3) is 0 Å². The minimum absolute atomic E-state index is 0.0930. The molecule has 17 heavy (non-hydrogen) atoms. The van der Waals surface area contributed by atoms with Gasteiger partial charge in [-0.15, -0.1) is 0 Å². The average molecular weight is 307 g/mol. The lowest BCUT2D eigenvalue weighted by Gasteiger charge is -2.14. The minimum atomic E-state index is -2.18. The Bertz CT molecular complexity index is 397. The maximum absolute atomic E-state index is 13.4. The Morgan fingerprint density at radius 3 is 2.82 bits per heavy atom. The number of carbonyl (C=O) groups is 1. The molecule has 0 aromatic heterocycles. The molecule has 1 aromatic carbocycles. The number of hydrogen-bond acceptors (Lipinski definition) is 4. The lowest BCUT2D eigenvalue weighted by Crippen LogP contribution is -2.25. The quantitative estimate of drug-likeness (QED) is 0.785. The molecule has 1 rings (SSSR count). The predicted octanol–water partition coefficient (Wildman–Crippen LogP) is 2.70. The molecule has 0 bridgehead atoms. The monoisotopic (exact) mass is 306 g/mol. The molecule has 0 spiro atoms. The van der Waals surface area contributed by atoms with Gasteiger partial charge >= 0.3 is 12.3 Å². The summed E-state index contributed by atoms with van der Waals surface area (Å²) >= 11 is 3.18. The SMILES string of the molecule is CCOC(=O)C(F)Oc1c(Br)cccc1OC. The fraction of sp³-hybridized carbons (Fsp3) is 0.364. The molecule has 6 heteroatoms. The van der Waals surface area contributed by atoms with Crippen molar-refractivity contribution in [3.8, 4) is 11.5 Å². The highest BCUT2D eigenvalue weighted by atomic mass is 79.9. The topological polar surface area (TPSA) is 44.8 Å². The van der Waals surface area contributed by atoms with Crippen LogP contribution in [0.15, 0.2) is 22.7 Å². The summed E-state index contributed by atoms with van der Waals surface area (Å²) in [4.78, 5) is 11.1. The number of carbonyl (C=O) groups excluding carboxylic acids is 1. The molecule has 0 saturated heterocycles. The fourth-order valence-electron chi connectivity index (χ4n) is 1.12. The summed E-state index contributed by atoms with van der Waals surface area (Å²) in [5.41, 5.74) is 0. The number of ether oxygens (including phenoxy) is 3. The first-order valence-corrected chi connectivity index (χ1v) is 5.69. The van der Waals surface area contributed by atoms with Crippen LogP contribution in [0.2, 0.25) is 0 Å². The number of para-hydroxylation sites is 1. The van der Waals surface area contributed by atoms with Crippen LogP contribution in [0.1, 0.15) is 6.92 Å². The Morgan fingerprint density at radius 2 is 2.24 bits per heavy atom. The molecule has 4 nitrogen and oxygen atoms in total. The maximum Gasteiger partial charge on any atom is 0.381 e. The first-order valence-electron chi connectivity index (χ1n) is 4.90. The van der Waals surface area contributed by atoms with Gasteiger partial charge in [0.2, 0.25) is 0 Å². The summed E-state index contributed by atoms with van der Waals surface area (Å²) in [5, 5.41) is 0. The maximum atomic E-state index is 13.4. The molecule has 0 fully saturated rings. The molecule has 1 unspecified atom stereocenters. The van der Waals surface area contributed by atoms with Crippen molar-refractivity contribution >= 4 is 21.9 Å². The van der Waals surface area contributed by atoms with Crippen LogP contribution in [-0.2, 0) is 9.53 Å². The predicted molar refractivity (Wildman–Crippen MR) is 62.9 cm³/mol. The van der Waals surface area contributed by atoms with E-state index in [1.807, 2.05) is 0 Å². The summed E-state index contributed by atoms with van der Waals surface area (Å²) in [7, 11) is 1.42. The van der Waals surface area contributed by atoms with E-state index in [2.05, 4.69) is 20.7 Å². The van der Waals surface area contributed by atoms with E-state index in [1.165, 1.54) is 7.11 Å². The standard InChI is InChI=1S/C11H12BrFO4/c1-3-16-11(14)10(13)17-9-7(12)5-4-6-8(9)15-2/h4-6,10H,3H2,1-2H3. The fourth-order valence-corrected chi connectivity index (χ4v) is 1.56. The summed E-state index contributed by atoms with van der Waals surface area (Å²) in [6.07, 6.45) is -2.18. The zero-order valence-corrected chi connectivity index (χ0v) is 11.0.